The number of hydrogen-bond acceptors (Lipinski definition) is 4. The van der Waals surface area contributed by atoms with Gasteiger partial charge in [-0.05, 0) is 72.5 Å². The molecule has 2 aromatic carbocycles. The van der Waals surface area contributed by atoms with Gasteiger partial charge in [0, 0.05) is 43.6 Å². The van der Waals surface area contributed by atoms with Crippen molar-refractivity contribution >= 4 is 11.8 Å². The lowest BCUT2D eigenvalue weighted by molar-refractivity contribution is -0.140. The number of fused-ring (bicyclic) bond motifs is 1. The van der Waals surface area contributed by atoms with Crippen molar-refractivity contribution < 1.29 is 31.5 Å². The van der Waals surface area contributed by atoms with Gasteiger partial charge in [-0.1, -0.05) is 6.07 Å². The summed E-state index contributed by atoms with van der Waals surface area (Å²) in [6.45, 7) is 1.06. The molecule has 0 spiro atoms. The van der Waals surface area contributed by atoms with Crippen LogP contribution in [-0.4, -0.2) is 55.5 Å². The second-order valence-electron chi connectivity index (χ2n) is 10.4. The minimum absolute atomic E-state index is 0.00943. The number of hydrogen-bond donors (Lipinski definition) is 0. The highest BCUT2D eigenvalue weighted by Crippen LogP contribution is 2.34. The maximum absolute atomic E-state index is 14.0. The maximum Gasteiger partial charge on any atom is 0.419 e. The molecule has 1 saturated heterocycles. The summed E-state index contributed by atoms with van der Waals surface area (Å²) in [5, 5.41) is 4.35. The number of rotatable bonds is 4. The molecule has 0 bridgehead atoms. The number of halogens is 5. The highest BCUT2D eigenvalue weighted by atomic mass is 19.4. The third kappa shape index (κ3) is 5.24. The van der Waals surface area contributed by atoms with E-state index >= 15 is 0 Å². The fraction of sp³-hybridized carbons (Fsp3) is 0.267. The molecule has 42 heavy (non-hydrogen) atoms. The minimum Gasteiger partial charge on any atom is -0.337 e. The standard InChI is InChI=1S/C30H24F5N5O2/c31-21-4-3-19-17-39(28(41)13-20(19)12-21)22-7-10-38(11-8-22)29(42)26-15-27(18-2-1-9-36-16-18)40(37-26)23-5-6-25(32)24(14-23)30(33,34)35/h1-6,9,12,14-16,22H,7-8,10-11,13,17H2. The van der Waals surface area contributed by atoms with Crippen LogP contribution < -0.4 is 0 Å². The van der Waals surface area contributed by atoms with Crippen molar-refractivity contribution in [1.29, 1.82) is 0 Å². The van der Waals surface area contributed by atoms with Gasteiger partial charge in [-0.3, -0.25) is 14.6 Å². The number of nitrogens with zero attached hydrogens (tertiary/aromatic N) is 5. The lowest BCUT2D eigenvalue weighted by Crippen LogP contribution is -2.50. The Labute approximate surface area is 237 Å². The number of benzene rings is 2. The number of piperidine rings is 1. The Hall–Kier alpha value is -4.61. The summed E-state index contributed by atoms with van der Waals surface area (Å²) in [7, 11) is 0. The molecule has 2 aromatic heterocycles. The van der Waals surface area contributed by atoms with Gasteiger partial charge in [-0.25, -0.2) is 13.5 Å². The van der Waals surface area contributed by atoms with Gasteiger partial charge in [0.05, 0.1) is 23.4 Å². The molecule has 12 heteroatoms. The van der Waals surface area contributed by atoms with Gasteiger partial charge in [0.25, 0.3) is 5.91 Å². The smallest absolute Gasteiger partial charge is 0.337 e. The van der Waals surface area contributed by atoms with Crippen LogP contribution in [0.25, 0.3) is 16.9 Å². The van der Waals surface area contributed by atoms with E-state index in [4.69, 9.17) is 0 Å². The van der Waals surface area contributed by atoms with Crippen molar-refractivity contribution in [2.24, 2.45) is 0 Å². The van der Waals surface area contributed by atoms with Crippen LogP contribution in [0.1, 0.15) is 40.0 Å². The predicted octanol–water partition coefficient (Wildman–Crippen LogP) is 5.42. The Kier molecular flexibility index (Phi) is 6.99. The predicted molar refractivity (Wildman–Crippen MR) is 141 cm³/mol. The van der Waals surface area contributed by atoms with Crippen molar-refractivity contribution in [3.8, 4) is 16.9 Å². The van der Waals surface area contributed by atoms with Crippen LogP contribution >= 0.6 is 0 Å². The zero-order valence-electron chi connectivity index (χ0n) is 22.1. The van der Waals surface area contributed by atoms with Crippen molar-refractivity contribution in [3.63, 3.8) is 0 Å². The summed E-state index contributed by atoms with van der Waals surface area (Å²) < 4.78 is 69.1. The SMILES string of the molecule is O=C(c1cc(-c2cccnc2)n(-c2ccc(F)c(C(F)(F)F)c2)n1)N1CCC(N2Cc3ccc(F)cc3CC2=O)CC1. The lowest BCUT2D eigenvalue weighted by Gasteiger charge is -2.40. The molecule has 0 atom stereocenters. The van der Waals surface area contributed by atoms with Gasteiger partial charge >= 0.3 is 6.18 Å². The van der Waals surface area contributed by atoms with E-state index in [1.807, 2.05) is 0 Å². The molecule has 0 unspecified atom stereocenters. The summed E-state index contributed by atoms with van der Waals surface area (Å²) in [6, 6.07) is 11.7. The molecule has 0 aliphatic carbocycles. The normalized spacial score (nSPS) is 16.1. The van der Waals surface area contributed by atoms with E-state index in [0.717, 1.165) is 11.6 Å². The van der Waals surface area contributed by atoms with E-state index in [-0.39, 0.29) is 35.6 Å². The van der Waals surface area contributed by atoms with E-state index in [9.17, 15) is 31.5 Å². The second-order valence-corrected chi connectivity index (χ2v) is 10.4. The highest BCUT2D eigenvalue weighted by Gasteiger charge is 2.36. The minimum atomic E-state index is -4.92. The van der Waals surface area contributed by atoms with Crippen LogP contribution in [0.2, 0.25) is 0 Å². The number of carbonyl (C=O) groups is 2. The maximum atomic E-state index is 14.0. The molecule has 2 aliphatic rings. The first kappa shape index (κ1) is 27.6. The van der Waals surface area contributed by atoms with Crippen LogP contribution in [-0.2, 0) is 23.9 Å². The highest BCUT2D eigenvalue weighted by molar-refractivity contribution is 5.93. The molecule has 0 saturated carbocycles. The van der Waals surface area contributed by atoms with Crippen molar-refractivity contribution in [3.05, 3.63) is 101 Å². The van der Waals surface area contributed by atoms with Gasteiger partial charge in [0.1, 0.15) is 11.6 Å². The number of likely N-dealkylation sites (tertiary alicyclic amines) is 1. The number of carbonyl (C=O) groups excluding carboxylic acids is 2. The first-order chi connectivity index (χ1) is 20.1. The average molecular weight is 582 g/mol. The zero-order chi connectivity index (χ0) is 29.6. The van der Waals surface area contributed by atoms with Gasteiger partial charge < -0.3 is 9.80 Å². The van der Waals surface area contributed by atoms with Gasteiger partial charge in [0.2, 0.25) is 5.91 Å². The Bertz CT molecular complexity index is 1660. The van der Waals surface area contributed by atoms with Crippen molar-refractivity contribution in [2.75, 3.05) is 13.1 Å². The van der Waals surface area contributed by atoms with E-state index in [1.165, 1.54) is 41.3 Å². The van der Waals surface area contributed by atoms with Crippen LogP contribution in [0.3, 0.4) is 0 Å². The number of alkyl halides is 3. The molecule has 2 aliphatic heterocycles. The molecule has 0 radical (unpaired) electrons. The van der Waals surface area contributed by atoms with E-state index in [0.29, 0.717) is 55.4 Å². The van der Waals surface area contributed by atoms with Crippen LogP contribution in [0.4, 0.5) is 22.0 Å². The molecule has 0 N–H and O–H groups in total. The quantitative estimate of drug-likeness (QED) is 0.302. The largest absolute Gasteiger partial charge is 0.419 e. The summed E-state index contributed by atoms with van der Waals surface area (Å²) in [5.74, 6) is -2.30. The summed E-state index contributed by atoms with van der Waals surface area (Å²) in [5.41, 5.74) is 0.909. The molecular formula is C30H24F5N5O2. The van der Waals surface area contributed by atoms with Crippen LogP contribution in [0, 0.1) is 11.6 Å². The van der Waals surface area contributed by atoms with Crippen molar-refractivity contribution in [1.82, 2.24) is 24.6 Å². The number of aromatic nitrogens is 3. The number of amides is 2. The van der Waals surface area contributed by atoms with Gasteiger partial charge in [-0.2, -0.15) is 18.3 Å². The first-order valence-corrected chi connectivity index (χ1v) is 13.3. The third-order valence-corrected chi connectivity index (χ3v) is 7.75. The summed E-state index contributed by atoms with van der Waals surface area (Å²) >= 11 is 0. The van der Waals surface area contributed by atoms with Gasteiger partial charge in [-0.15, -0.1) is 0 Å². The Morgan fingerprint density at radius 2 is 1.74 bits per heavy atom. The van der Waals surface area contributed by atoms with E-state index < -0.39 is 23.5 Å². The molecule has 4 heterocycles. The molecule has 7 nitrogen and oxygen atoms in total. The van der Waals surface area contributed by atoms with Crippen LogP contribution in [0.15, 0.2) is 67.0 Å². The van der Waals surface area contributed by atoms with Gasteiger partial charge in [0.15, 0.2) is 5.69 Å². The molecular weight excluding hydrogens is 557 g/mol. The molecule has 216 valence electrons. The Morgan fingerprint density at radius 1 is 0.952 bits per heavy atom. The fourth-order valence-electron chi connectivity index (χ4n) is 5.59. The first-order valence-electron chi connectivity index (χ1n) is 13.3. The van der Waals surface area contributed by atoms with E-state index in [1.54, 1.807) is 28.0 Å². The topological polar surface area (TPSA) is 71.3 Å². The summed E-state index contributed by atoms with van der Waals surface area (Å²) in [6.07, 6.45) is -0.721. The number of pyridine rings is 1. The zero-order valence-corrected chi connectivity index (χ0v) is 22.1. The average Bonchev–Trinajstić information content (AvgIpc) is 3.42. The van der Waals surface area contributed by atoms with E-state index in [2.05, 4.69) is 10.1 Å². The Morgan fingerprint density at radius 3 is 2.45 bits per heavy atom. The second kappa shape index (κ2) is 10.7. The monoisotopic (exact) mass is 581 g/mol. The molecule has 2 amide bonds. The molecule has 1 fully saturated rings. The van der Waals surface area contributed by atoms with Crippen molar-refractivity contribution in [2.45, 2.75) is 38.0 Å². The Balaban J connectivity index is 1.23. The molecule has 6 rings (SSSR count). The lowest BCUT2D eigenvalue weighted by atomic mass is 9.94. The summed E-state index contributed by atoms with van der Waals surface area (Å²) in [4.78, 5) is 33.8. The molecule has 4 aromatic rings. The fourth-order valence-corrected chi connectivity index (χ4v) is 5.59. The third-order valence-electron chi connectivity index (χ3n) is 7.75. The van der Waals surface area contributed by atoms with Crippen LogP contribution in [0.5, 0.6) is 0 Å².